The molecule has 0 saturated heterocycles. The Hall–Kier alpha value is -1.82. The number of carbonyl (C=O) groups is 1. The van der Waals surface area contributed by atoms with Gasteiger partial charge in [-0.2, -0.15) is 5.26 Å². The standard InChI is InChI=1S/C17H22N2O/c18-12-11-14-7-6-8-15(13-14)17(20)19-16-9-4-2-1-3-5-10-16/h6-8,13,16H,1-5,9-11H2,(H,19,20). The van der Waals surface area contributed by atoms with Crippen LogP contribution < -0.4 is 5.32 Å². The van der Waals surface area contributed by atoms with Crippen LogP contribution in [0.5, 0.6) is 0 Å². The van der Waals surface area contributed by atoms with Gasteiger partial charge in [-0.15, -0.1) is 0 Å². The third kappa shape index (κ3) is 4.38. The Labute approximate surface area is 121 Å². The van der Waals surface area contributed by atoms with E-state index in [9.17, 15) is 4.79 Å². The summed E-state index contributed by atoms with van der Waals surface area (Å²) in [6, 6.07) is 9.79. The Morgan fingerprint density at radius 3 is 2.60 bits per heavy atom. The van der Waals surface area contributed by atoms with Crippen molar-refractivity contribution in [1.82, 2.24) is 5.32 Å². The Bertz CT molecular complexity index is 482. The Morgan fingerprint density at radius 2 is 1.90 bits per heavy atom. The molecule has 0 aliphatic heterocycles. The van der Waals surface area contributed by atoms with Crippen molar-refractivity contribution >= 4 is 5.91 Å². The highest BCUT2D eigenvalue weighted by atomic mass is 16.1. The van der Waals surface area contributed by atoms with Gasteiger partial charge in [0.25, 0.3) is 5.91 Å². The maximum absolute atomic E-state index is 12.3. The van der Waals surface area contributed by atoms with Crippen molar-refractivity contribution in [1.29, 1.82) is 5.26 Å². The molecule has 1 aliphatic rings. The summed E-state index contributed by atoms with van der Waals surface area (Å²) in [5.74, 6) is -0.00429. The third-order valence-electron chi connectivity index (χ3n) is 3.91. The topological polar surface area (TPSA) is 52.9 Å². The van der Waals surface area contributed by atoms with Gasteiger partial charge in [0.1, 0.15) is 0 Å². The summed E-state index contributed by atoms with van der Waals surface area (Å²) in [6.07, 6.45) is 8.83. The Kier molecular flexibility index (Phi) is 5.61. The summed E-state index contributed by atoms with van der Waals surface area (Å²) in [4.78, 5) is 12.3. The predicted octanol–water partition coefficient (Wildman–Crippen LogP) is 3.60. The smallest absolute Gasteiger partial charge is 0.251 e. The fourth-order valence-electron chi connectivity index (χ4n) is 2.78. The Morgan fingerprint density at radius 1 is 1.20 bits per heavy atom. The molecule has 0 unspecified atom stereocenters. The second kappa shape index (κ2) is 7.69. The average Bonchev–Trinajstić information content (AvgIpc) is 2.42. The van der Waals surface area contributed by atoms with Crippen molar-refractivity contribution in [2.45, 2.75) is 57.4 Å². The second-order valence-corrected chi connectivity index (χ2v) is 5.55. The highest BCUT2D eigenvalue weighted by molar-refractivity contribution is 5.94. The average molecular weight is 270 g/mol. The van der Waals surface area contributed by atoms with Crippen molar-refractivity contribution < 1.29 is 4.79 Å². The number of nitrogens with zero attached hydrogens (tertiary/aromatic N) is 1. The quantitative estimate of drug-likeness (QED) is 0.912. The molecular formula is C17H22N2O. The zero-order chi connectivity index (χ0) is 14.2. The monoisotopic (exact) mass is 270 g/mol. The van der Waals surface area contributed by atoms with Crippen molar-refractivity contribution in [3.05, 3.63) is 35.4 Å². The summed E-state index contributed by atoms with van der Waals surface area (Å²) in [6.45, 7) is 0. The molecule has 0 atom stereocenters. The fourth-order valence-corrected chi connectivity index (χ4v) is 2.78. The Balaban J connectivity index is 1.96. The van der Waals surface area contributed by atoms with Crippen LogP contribution in [0.4, 0.5) is 0 Å². The first-order valence-corrected chi connectivity index (χ1v) is 7.56. The lowest BCUT2D eigenvalue weighted by Gasteiger charge is -2.21. The van der Waals surface area contributed by atoms with E-state index in [4.69, 9.17) is 5.26 Å². The molecule has 20 heavy (non-hydrogen) atoms. The van der Waals surface area contributed by atoms with Crippen LogP contribution >= 0.6 is 0 Å². The minimum absolute atomic E-state index is 0.00429. The van der Waals surface area contributed by atoms with Gasteiger partial charge < -0.3 is 5.32 Å². The molecule has 3 nitrogen and oxygen atoms in total. The molecule has 0 spiro atoms. The molecule has 0 aromatic heterocycles. The normalized spacial score (nSPS) is 16.8. The van der Waals surface area contributed by atoms with Gasteiger partial charge in [0.2, 0.25) is 0 Å². The van der Waals surface area contributed by atoms with Crippen LogP contribution in [0.25, 0.3) is 0 Å². The van der Waals surface area contributed by atoms with Gasteiger partial charge in [0, 0.05) is 11.6 Å². The summed E-state index contributed by atoms with van der Waals surface area (Å²) in [7, 11) is 0. The van der Waals surface area contributed by atoms with Gasteiger partial charge >= 0.3 is 0 Å². The van der Waals surface area contributed by atoms with E-state index in [2.05, 4.69) is 11.4 Å². The number of nitrogens with one attached hydrogen (secondary N) is 1. The first kappa shape index (κ1) is 14.6. The van der Waals surface area contributed by atoms with E-state index in [1.54, 1.807) is 0 Å². The van der Waals surface area contributed by atoms with Crippen molar-refractivity contribution in [3.8, 4) is 6.07 Å². The minimum atomic E-state index is -0.00429. The maximum atomic E-state index is 12.3. The molecule has 1 fully saturated rings. The van der Waals surface area contributed by atoms with E-state index in [0.29, 0.717) is 18.0 Å². The maximum Gasteiger partial charge on any atom is 0.251 e. The molecule has 1 aromatic rings. The lowest BCUT2D eigenvalue weighted by Crippen LogP contribution is -2.35. The first-order chi connectivity index (χ1) is 9.79. The minimum Gasteiger partial charge on any atom is -0.349 e. The van der Waals surface area contributed by atoms with E-state index in [-0.39, 0.29) is 5.91 Å². The van der Waals surface area contributed by atoms with E-state index >= 15 is 0 Å². The first-order valence-electron chi connectivity index (χ1n) is 7.56. The number of hydrogen-bond acceptors (Lipinski definition) is 2. The van der Waals surface area contributed by atoms with Gasteiger partial charge in [0.15, 0.2) is 0 Å². The van der Waals surface area contributed by atoms with Crippen LogP contribution in [0.1, 0.15) is 60.9 Å². The van der Waals surface area contributed by atoms with Gasteiger partial charge in [-0.25, -0.2) is 0 Å². The summed E-state index contributed by atoms with van der Waals surface area (Å²) in [5.41, 5.74) is 1.57. The zero-order valence-corrected chi connectivity index (χ0v) is 11.9. The molecule has 2 rings (SSSR count). The van der Waals surface area contributed by atoms with Crippen molar-refractivity contribution in [2.75, 3.05) is 0 Å². The number of nitriles is 1. The zero-order valence-electron chi connectivity index (χ0n) is 11.9. The van der Waals surface area contributed by atoms with E-state index in [1.807, 2.05) is 24.3 Å². The van der Waals surface area contributed by atoms with Gasteiger partial charge in [0.05, 0.1) is 12.5 Å². The van der Waals surface area contributed by atoms with Gasteiger partial charge in [-0.3, -0.25) is 4.79 Å². The molecule has 0 bridgehead atoms. The van der Waals surface area contributed by atoms with Crippen LogP contribution in [-0.4, -0.2) is 11.9 Å². The largest absolute Gasteiger partial charge is 0.349 e. The summed E-state index contributed by atoms with van der Waals surface area (Å²) < 4.78 is 0. The molecule has 106 valence electrons. The van der Waals surface area contributed by atoms with Crippen LogP contribution in [0.2, 0.25) is 0 Å². The summed E-state index contributed by atoms with van der Waals surface area (Å²) >= 11 is 0. The molecule has 1 N–H and O–H groups in total. The van der Waals surface area contributed by atoms with E-state index < -0.39 is 0 Å². The number of carbonyl (C=O) groups excluding carboxylic acids is 1. The number of amides is 1. The SMILES string of the molecule is N#CCc1cccc(C(=O)NC2CCCCCCC2)c1. The highest BCUT2D eigenvalue weighted by Gasteiger charge is 2.15. The number of hydrogen-bond donors (Lipinski definition) is 1. The lowest BCUT2D eigenvalue weighted by molar-refractivity contribution is 0.0930. The second-order valence-electron chi connectivity index (χ2n) is 5.55. The van der Waals surface area contributed by atoms with Gasteiger partial charge in [-0.1, -0.05) is 44.2 Å². The molecular weight excluding hydrogens is 248 g/mol. The molecule has 1 amide bonds. The van der Waals surface area contributed by atoms with Crippen LogP contribution in [0, 0.1) is 11.3 Å². The molecule has 1 aliphatic carbocycles. The van der Waals surface area contributed by atoms with E-state index in [1.165, 1.54) is 32.1 Å². The lowest BCUT2D eigenvalue weighted by atomic mass is 9.96. The molecule has 0 heterocycles. The molecule has 1 saturated carbocycles. The number of benzene rings is 1. The van der Waals surface area contributed by atoms with Gasteiger partial charge in [-0.05, 0) is 30.5 Å². The molecule has 0 radical (unpaired) electrons. The predicted molar refractivity (Wildman–Crippen MR) is 79.3 cm³/mol. The van der Waals surface area contributed by atoms with Crippen molar-refractivity contribution in [2.24, 2.45) is 0 Å². The third-order valence-corrected chi connectivity index (χ3v) is 3.91. The van der Waals surface area contributed by atoms with Crippen LogP contribution in [0.3, 0.4) is 0 Å². The number of rotatable bonds is 3. The van der Waals surface area contributed by atoms with E-state index in [0.717, 1.165) is 18.4 Å². The molecule has 1 aromatic carbocycles. The highest BCUT2D eigenvalue weighted by Crippen LogP contribution is 2.17. The molecule has 3 heteroatoms. The van der Waals surface area contributed by atoms with Crippen molar-refractivity contribution in [3.63, 3.8) is 0 Å². The fraction of sp³-hybridized carbons (Fsp3) is 0.529. The van der Waals surface area contributed by atoms with Crippen LogP contribution in [0.15, 0.2) is 24.3 Å². The van der Waals surface area contributed by atoms with Crippen LogP contribution in [-0.2, 0) is 6.42 Å². The summed E-state index contributed by atoms with van der Waals surface area (Å²) in [5, 5.41) is 11.9.